The first-order valence-electron chi connectivity index (χ1n) is 6.32. The molecule has 1 aliphatic heterocycles. The van der Waals surface area contributed by atoms with E-state index < -0.39 is 5.97 Å². The van der Waals surface area contributed by atoms with Crippen LogP contribution in [0.25, 0.3) is 0 Å². The molecule has 16 heavy (non-hydrogen) atoms. The number of rotatable bonds is 2. The third kappa shape index (κ3) is 2.46. The molecular weight excluding hydrogens is 202 g/mol. The Bertz CT molecular complexity index is 303. The van der Waals surface area contributed by atoms with E-state index >= 15 is 0 Å². The van der Waals surface area contributed by atoms with Crippen LogP contribution in [0, 0.1) is 5.92 Å². The molecule has 0 aromatic rings. The van der Waals surface area contributed by atoms with Gasteiger partial charge in [0, 0.05) is 18.7 Å². The maximum Gasteiger partial charge on any atom is 0.331 e. The molecule has 2 aliphatic rings. The fraction of sp³-hybridized carbons (Fsp3) is 0.769. The van der Waals surface area contributed by atoms with Crippen LogP contribution in [0.15, 0.2) is 11.1 Å². The smallest absolute Gasteiger partial charge is 0.331 e. The third-order valence-corrected chi connectivity index (χ3v) is 3.93. The maximum absolute atomic E-state index is 11.2. The highest BCUT2D eigenvalue weighted by Gasteiger charge is 2.27. The summed E-state index contributed by atoms with van der Waals surface area (Å²) in [6.07, 6.45) is 6.97. The van der Waals surface area contributed by atoms with Gasteiger partial charge in [0.2, 0.25) is 0 Å². The van der Waals surface area contributed by atoms with Gasteiger partial charge >= 0.3 is 5.97 Å². The van der Waals surface area contributed by atoms with Crippen LogP contribution < -0.4 is 0 Å². The summed E-state index contributed by atoms with van der Waals surface area (Å²) >= 11 is 0. The predicted octanol–water partition coefficient (Wildman–Crippen LogP) is 2.28. The highest BCUT2D eigenvalue weighted by atomic mass is 16.4. The number of carboxylic acids is 1. The number of likely N-dealkylation sites (N-methyl/N-ethyl adjacent to an activating group) is 1. The van der Waals surface area contributed by atoms with Gasteiger partial charge < -0.3 is 10.0 Å². The van der Waals surface area contributed by atoms with E-state index in [0.29, 0.717) is 11.5 Å². The van der Waals surface area contributed by atoms with Crippen LogP contribution in [0.5, 0.6) is 0 Å². The molecule has 1 N–H and O–H groups in total. The largest absolute Gasteiger partial charge is 0.478 e. The Balaban J connectivity index is 2.20. The molecule has 0 unspecified atom stereocenters. The van der Waals surface area contributed by atoms with Crippen LogP contribution in [0.1, 0.15) is 38.5 Å². The zero-order chi connectivity index (χ0) is 11.5. The van der Waals surface area contributed by atoms with E-state index in [-0.39, 0.29) is 0 Å². The fourth-order valence-corrected chi connectivity index (χ4v) is 3.00. The van der Waals surface area contributed by atoms with Crippen LogP contribution in [-0.4, -0.2) is 36.1 Å². The Kier molecular flexibility index (Phi) is 3.64. The quantitative estimate of drug-likeness (QED) is 0.780. The molecule has 0 aromatic carbocycles. The second-order valence-electron chi connectivity index (χ2n) is 5.13. The van der Waals surface area contributed by atoms with Crippen molar-refractivity contribution in [2.24, 2.45) is 5.92 Å². The predicted molar refractivity (Wildman–Crippen MR) is 63.4 cm³/mol. The highest BCUT2D eigenvalue weighted by molar-refractivity contribution is 5.88. The Morgan fingerprint density at radius 1 is 1.31 bits per heavy atom. The molecule has 1 aliphatic carbocycles. The van der Waals surface area contributed by atoms with Gasteiger partial charge in [-0.3, -0.25) is 0 Å². The Morgan fingerprint density at radius 3 is 2.62 bits per heavy atom. The van der Waals surface area contributed by atoms with E-state index in [1.54, 1.807) is 0 Å². The second-order valence-corrected chi connectivity index (χ2v) is 5.13. The van der Waals surface area contributed by atoms with E-state index in [9.17, 15) is 9.90 Å². The van der Waals surface area contributed by atoms with Crippen LogP contribution >= 0.6 is 0 Å². The molecule has 0 atom stereocenters. The van der Waals surface area contributed by atoms with E-state index in [0.717, 1.165) is 19.5 Å². The standard InChI is InChI=1S/C13H21NO2/c1-14-8-7-11(13(15)16)12(9-14)10-5-3-2-4-6-10/h10H,2-9H2,1H3,(H,15,16). The van der Waals surface area contributed by atoms with Crippen molar-refractivity contribution in [3.05, 3.63) is 11.1 Å². The number of hydrogen-bond donors (Lipinski definition) is 1. The zero-order valence-electron chi connectivity index (χ0n) is 10.0. The average molecular weight is 223 g/mol. The van der Waals surface area contributed by atoms with Crippen molar-refractivity contribution in [2.45, 2.75) is 38.5 Å². The topological polar surface area (TPSA) is 40.5 Å². The SMILES string of the molecule is CN1CCC(C(=O)O)=C(C2CCCCC2)C1. The number of aliphatic carboxylic acids is 1. The van der Waals surface area contributed by atoms with Crippen molar-refractivity contribution in [3.8, 4) is 0 Å². The summed E-state index contributed by atoms with van der Waals surface area (Å²) in [6, 6.07) is 0. The van der Waals surface area contributed by atoms with Crippen LogP contribution in [0.3, 0.4) is 0 Å². The van der Waals surface area contributed by atoms with Gasteiger partial charge in [0.05, 0.1) is 0 Å². The number of nitrogens with zero attached hydrogens (tertiary/aromatic N) is 1. The lowest BCUT2D eigenvalue weighted by Crippen LogP contribution is -2.33. The molecule has 3 heteroatoms. The fourth-order valence-electron chi connectivity index (χ4n) is 3.00. The highest BCUT2D eigenvalue weighted by Crippen LogP contribution is 2.34. The maximum atomic E-state index is 11.2. The van der Waals surface area contributed by atoms with Crippen molar-refractivity contribution in [1.82, 2.24) is 4.90 Å². The molecule has 2 rings (SSSR count). The molecule has 0 bridgehead atoms. The molecular formula is C13H21NO2. The summed E-state index contributed by atoms with van der Waals surface area (Å²) in [7, 11) is 2.08. The molecule has 3 nitrogen and oxygen atoms in total. The lowest BCUT2D eigenvalue weighted by atomic mass is 9.80. The summed E-state index contributed by atoms with van der Waals surface area (Å²) < 4.78 is 0. The number of carbonyl (C=O) groups is 1. The zero-order valence-corrected chi connectivity index (χ0v) is 10.0. The van der Waals surface area contributed by atoms with Crippen LogP contribution in [0.2, 0.25) is 0 Å². The van der Waals surface area contributed by atoms with E-state index in [2.05, 4.69) is 11.9 Å². The molecule has 0 aromatic heterocycles. The lowest BCUT2D eigenvalue weighted by Gasteiger charge is -2.33. The van der Waals surface area contributed by atoms with E-state index in [4.69, 9.17) is 0 Å². The normalized spacial score (nSPS) is 24.8. The molecule has 1 saturated carbocycles. The minimum atomic E-state index is -0.686. The summed E-state index contributed by atoms with van der Waals surface area (Å²) in [5.41, 5.74) is 1.94. The summed E-state index contributed by atoms with van der Waals surface area (Å²) in [5, 5.41) is 9.25. The minimum absolute atomic E-state index is 0.544. The van der Waals surface area contributed by atoms with Crippen LogP contribution in [-0.2, 0) is 4.79 Å². The molecule has 0 radical (unpaired) electrons. The van der Waals surface area contributed by atoms with Gasteiger partial charge in [-0.2, -0.15) is 0 Å². The van der Waals surface area contributed by atoms with Gasteiger partial charge in [-0.1, -0.05) is 19.3 Å². The Hall–Kier alpha value is -0.830. The molecule has 90 valence electrons. The van der Waals surface area contributed by atoms with E-state index in [1.807, 2.05) is 0 Å². The van der Waals surface area contributed by atoms with Crippen LogP contribution in [0.4, 0.5) is 0 Å². The van der Waals surface area contributed by atoms with Gasteiger partial charge in [0.1, 0.15) is 0 Å². The second kappa shape index (κ2) is 5.00. The number of carboxylic acid groups (broad SMARTS) is 1. The monoisotopic (exact) mass is 223 g/mol. The van der Waals surface area contributed by atoms with Crippen molar-refractivity contribution in [1.29, 1.82) is 0 Å². The first kappa shape index (κ1) is 11.6. The Morgan fingerprint density at radius 2 is 2.00 bits per heavy atom. The lowest BCUT2D eigenvalue weighted by molar-refractivity contribution is -0.133. The van der Waals surface area contributed by atoms with Crippen molar-refractivity contribution in [2.75, 3.05) is 20.1 Å². The third-order valence-electron chi connectivity index (χ3n) is 3.93. The molecule has 0 amide bonds. The summed E-state index contributed by atoms with van der Waals surface area (Å²) in [4.78, 5) is 13.5. The van der Waals surface area contributed by atoms with Crippen molar-refractivity contribution >= 4 is 5.97 Å². The van der Waals surface area contributed by atoms with Gasteiger partial charge in [0.15, 0.2) is 0 Å². The first-order chi connectivity index (χ1) is 7.68. The summed E-state index contributed by atoms with van der Waals surface area (Å²) in [6.45, 7) is 1.75. The summed E-state index contributed by atoms with van der Waals surface area (Å²) in [5.74, 6) is -0.142. The first-order valence-corrected chi connectivity index (χ1v) is 6.32. The van der Waals surface area contributed by atoms with Gasteiger partial charge in [0.25, 0.3) is 0 Å². The molecule has 1 heterocycles. The minimum Gasteiger partial charge on any atom is -0.478 e. The average Bonchev–Trinajstić information content (AvgIpc) is 2.29. The van der Waals surface area contributed by atoms with Gasteiger partial charge in [-0.05, 0) is 37.8 Å². The molecule has 1 fully saturated rings. The molecule has 0 spiro atoms. The van der Waals surface area contributed by atoms with E-state index in [1.165, 1.54) is 37.7 Å². The Labute approximate surface area is 97.1 Å². The van der Waals surface area contributed by atoms with Gasteiger partial charge in [-0.15, -0.1) is 0 Å². The molecule has 0 saturated heterocycles. The van der Waals surface area contributed by atoms with Crippen molar-refractivity contribution < 1.29 is 9.90 Å². The van der Waals surface area contributed by atoms with Crippen molar-refractivity contribution in [3.63, 3.8) is 0 Å². The van der Waals surface area contributed by atoms with Gasteiger partial charge in [-0.25, -0.2) is 4.79 Å². The number of hydrogen-bond acceptors (Lipinski definition) is 2.